The molecule has 1 aromatic carbocycles. The number of carbonyl (C=O) groups excluding carboxylic acids is 1. The summed E-state index contributed by atoms with van der Waals surface area (Å²) >= 11 is 1.44. The second-order valence-electron chi connectivity index (χ2n) is 5.89. The molecule has 0 aliphatic heterocycles. The summed E-state index contributed by atoms with van der Waals surface area (Å²) in [5.41, 5.74) is -0.203. The monoisotopic (exact) mass is 424 g/mol. The van der Waals surface area contributed by atoms with Crippen LogP contribution in [0.2, 0.25) is 0 Å². The smallest absolute Gasteiger partial charge is 0.246 e. The Morgan fingerprint density at radius 3 is 2.71 bits per heavy atom. The van der Waals surface area contributed by atoms with Crippen LogP contribution in [-0.4, -0.2) is 36.8 Å². The van der Waals surface area contributed by atoms with E-state index in [1.165, 1.54) is 36.5 Å². The normalized spacial score (nSPS) is 12.5. The largest absolute Gasteiger partial charge is 0.345 e. The van der Waals surface area contributed by atoms with Gasteiger partial charge in [-0.3, -0.25) is 9.10 Å². The molecule has 1 N–H and O–H groups in total. The average Bonchev–Trinajstić information content (AvgIpc) is 3.31. The highest BCUT2D eigenvalue weighted by Crippen LogP contribution is 2.24. The summed E-state index contributed by atoms with van der Waals surface area (Å²) in [6.07, 6.45) is 0.911. The number of nitrogens with one attached hydrogen (secondary N) is 1. The second-order valence-corrected chi connectivity index (χ2v) is 8.70. The van der Waals surface area contributed by atoms with Gasteiger partial charge < -0.3 is 9.84 Å². The minimum Gasteiger partial charge on any atom is -0.345 e. The summed E-state index contributed by atoms with van der Waals surface area (Å²) in [6, 6.07) is 7.84. The van der Waals surface area contributed by atoms with Gasteiger partial charge in [0.15, 0.2) is 0 Å². The van der Waals surface area contributed by atoms with Gasteiger partial charge in [0.2, 0.25) is 27.6 Å². The van der Waals surface area contributed by atoms with Crippen molar-refractivity contribution >= 4 is 33.0 Å². The third-order valence-electron chi connectivity index (χ3n) is 3.80. The van der Waals surface area contributed by atoms with Crippen LogP contribution in [0.1, 0.15) is 12.8 Å². The van der Waals surface area contributed by atoms with Gasteiger partial charge >= 0.3 is 0 Å². The Balaban J connectivity index is 1.73. The van der Waals surface area contributed by atoms with Gasteiger partial charge in [0.05, 0.1) is 23.4 Å². The lowest BCUT2D eigenvalue weighted by molar-refractivity contribution is -0.122. The van der Waals surface area contributed by atoms with Crippen molar-refractivity contribution in [3.63, 3.8) is 0 Å². The zero-order valence-corrected chi connectivity index (χ0v) is 16.6. The van der Waals surface area contributed by atoms with Crippen LogP contribution in [0.4, 0.5) is 10.1 Å². The Morgan fingerprint density at radius 2 is 2.07 bits per heavy atom. The predicted molar refractivity (Wildman–Crippen MR) is 103 cm³/mol. The molecule has 3 rings (SSSR count). The van der Waals surface area contributed by atoms with E-state index < -0.39 is 27.8 Å². The number of hydrogen-bond donors (Lipinski definition) is 1. The van der Waals surface area contributed by atoms with Crippen molar-refractivity contribution in [2.45, 2.75) is 19.5 Å². The topological polar surface area (TPSA) is 105 Å². The molecule has 1 atom stereocenters. The number of anilines is 1. The molecule has 28 heavy (non-hydrogen) atoms. The third-order valence-corrected chi connectivity index (χ3v) is 5.90. The molecule has 8 nitrogen and oxygen atoms in total. The second kappa shape index (κ2) is 8.07. The SMILES string of the molecule is CC(C(=O)NCc1nc(-c2cccs2)no1)N(c1ccccc1F)S(C)(=O)=O. The van der Waals surface area contributed by atoms with E-state index in [9.17, 15) is 17.6 Å². The molecular weight excluding hydrogens is 407 g/mol. The van der Waals surface area contributed by atoms with Gasteiger partial charge in [0.25, 0.3) is 0 Å². The Morgan fingerprint density at radius 1 is 1.32 bits per heavy atom. The Kier molecular flexibility index (Phi) is 5.75. The molecule has 2 heterocycles. The molecule has 1 amide bonds. The lowest BCUT2D eigenvalue weighted by Crippen LogP contribution is -2.48. The van der Waals surface area contributed by atoms with Gasteiger partial charge in [-0.25, -0.2) is 12.8 Å². The first-order valence-corrected chi connectivity index (χ1v) is 10.9. The Labute approximate surface area is 165 Å². The van der Waals surface area contributed by atoms with Gasteiger partial charge in [-0.15, -0.1) is 11.3 Å². The molecule has 3 aromatic rings. The number of rotatable bonds is 7. The van der Waals surface area contributed by atoms with Gasteiger partial charge in [-0.1, -0.05) is 23.4 Å². The first-order valence-electron chi connectivity index (χ1n) is 8.15. The lowest BCUT2D eigenvalue weighted by atomic mass is 10.2. The molecular formula is C17H17FN4O4S2. The molecule has 0 aliphatic rings. The quantitative estimate of drug-likeness (QED) is 0.624. The molecule has 0 aliphatic carbocycles. The zero-order valence-electron chi connectivity index (χ0n) is 15.0. The highest BCUT2D eigenvalue weighted by molar-refractivity contribution is 7.92. The molecule has 0 radical (unpaired) electrons. The van der Waals surface area contributed by atoms with Crippen molar-refractivity contribution in [3.8, 4) is 10.7 Å². The summed E-state index contributed by atoms with van der Waals surface area (Å²) in [5, 5.41) is 8.24. The van der Waals surface area contributed by atoms with Gasteiger partial charge in [0, 0.05) is 0 Å². The molecule has 0 saturated heterocycles. The molecule has 0 spiro atoms. The number of nitrogens with zero attached hydrogens (tertiary/aromatic N) is 3. The van der Waals surface area contributed by atoms with Crippen molar-refractivity contribution in [3.05, 3.63) is 53.5 Å². The number of thiophene rings is 1. The molecule has 2 aromatic heterocycles. The van der Waals surface area contributed by atoms with Crippen LogP contribution < -0.4 is 9.62 Å². The molecule has 1 unspecified atom stereocenters. The summed E-state index contributed by atoms with van der Waals surface area (Å²) in [7, 11) is -3.91. The van der Waals surface area contributed by atoms with Crippen LogP contribution in [-0.2, 0) is 21.4 Å². The fourth-order valence-corrected chi connectivity index (χ4v) is 4.38. The van der Waals surface area contributed by atoms with Crippen LogP contribution in [0.25, 0.3) is 10.7 Å². The maximum absolute atomic E-state index is 14.1. The van der Waals surface area contributed by atoms with E-state index in [1.54, 1.807) is 0 Å². The summed E-state index contributed by atoms with van der Waals surface area (Å²) in [4.78, 5) is 17.5. The number of halogens is 1. The number of sulfonamides is 1. The summed E-state index contributed by atoms with van der Waals surface area (Å²) < 4.78 is 44.3. The standard InChI is InChI=1S/C17H17FN4O4S2/c1-11(22(28(2,24)25)13-7-4-3-6-12(13)18)17(23)19-10-15-20-16(21-26-15)14-8-5-9-27-14/h3-9,11H,10H2,1-2H3,(H,19,23). The molecule has 0 fully saturated rings. The molecule has 0 bridgehead atoms. The minimum absolute atomic E-state index is 0.0869. The third kappa shape index (κ3) is 4.37. The van der Waals surface area contributed by atoms with Crippen LogP contribution in [0.3, 0.4) is 0 Å². The van der Waals surface area contributed by atoms with Gasteiger partial charge in [0.1, 0.15) is 11.9 Å². The number of para-hydroxylation sites is 1. The number of carbonyl (C=O) groups is 1. The van der Waals surface area contributed by atoms with Crippen molar-refractivity contribution in [2.75, 3.05) is 10.6 Å². The van der Waals surface area contributed by atoms with Crippen molar-refractivity contribution < 1.29 is 22.1 Å². The van der Waals surface area contributed by atoms with E-state index in [-0.39, 0.29) is 18.1 Å². The summed E-state index contributed by atoms with van der Waals surface area (Å²) in [6.45, 7) is 1.28. The first-order chi connectivity index (χ1) is 13.3. The van der Waals surface area contributed by atoms with Crippen LogP contribution >= 0.6 is 11.3 Å². The number of aromatic nitrogens is 2. The van der Waals surface area contributed by atoms with E-state index in [1.807, 2.05) is 17.5 Å². The number of hydrogen-bond acceptors (Lipinski definition) is 7. The minimum atomic E-state index is -3.91. The average molecular weight is 424 g/mol. The molecule has 0 saturated carbocycles. The van der Waals surface area contributed by atoms with Crippen LogP contribution in [0.15, 0.2) is 46.3 Å². The Bertz CT molecular complexity index is 1070. The van der Waals surface area contributed by atoms with Crippen LogP contribution in [0.5, 0.6) is 0 Å². The van der Waals surface area contributed by atoms with Crippen molar-refractivity contribution in [2.24, 2.45) is 0 Å². The highest BCUT2D eigenvalue weighted by atomic mass is 32.2. The number of benzene rings is 1. The maximum Gasteiger partial charge on any atom is 0.246 e. The molecule has 148 valence electrons. The van der Waals surface area contributed by atoms with Crippen molar-refractivity contribution in [1.82, 2.24) is 15.5 Å². The maximum atomic E-state index is 14.1. The van der Waals surface area contributed by atoms with E-state index in [0.29, 0.717) is 5.82 Å². The predicted octanol–water partition coefficient (Wildman–Crippen LogP) is 2.41. The van der Waals surface area contributed by atoms with E-state index >= 15 is 0 Å². The van der Waals surface area contributed by atoms with E-state index in [4.69, 9.17) is 4.52 Å². The fourth-order valence-electron chi connectivity index (χ4n) is 2.55. The molecule has 11 heteroatoms. The Hall–Kier alpha value is -2.79. The highest BCUT2D eigenvalue weighted by Gasteiger charge is 2.31. The van der Waals surface area contributed by atoms with Crippen LogP contribution in [0, 0.1) is 5.82 Å². The summed E-state index contributed by atoms with van der Waals surface area (Å²) in [5.74, 6) is -0.813. The van der Waals surface area contributed by atoms with E-state index in [0.717, 1.165) is 21.5 Å². The van der Waals surface area contributed by atoms with Crippen molar-refractivity contribution in [1.29, 1.82) is 0 Å². The fraction of sp³-hybridized carbons (Fsp3) is 0.235. The van der Waals surface area contributed by atoms with Gasteiger partial charge in [-0.05, 0) is 30.5 Å². The first kappa shape index (κ1) is 20.0. The number of amides is 1. The van der Waals surface area contributed by atoms with Gasteiger partial charge in [-0.2, -0.15) is 4.98 Å². The lowest BCUT2D eigenvalue weighted by Gasteiger charge is -2.28. The zero-order chi connectivity index (χ0) is 20.3. The van der Waals surface area contributed by atoms with E-state index in [2.05, 4.69) is 15.5 Å².